The molecule has 4 rings (SSSR count). The summed E-state index contributed by atoms with van der Waals surface area (Å²) in [5.74, 6) is 1.27. The van der Waals surface area contributed by atoms with Gasteiger partial charge < -0.3 is 9.47 Å². The van der Waals surface area contributed by atoms with Crippen molar-refractivity contribution in [2.24, 2.45) is 5.10 Å². The van der Waals surface area contributed by atoms with E-state index >= 15 is 0 Å². The van der Waals surface area contributed by atoms with E-state index in [4.69, 9.17) is 9.47 Å². The van der Waals surface area contributed by atoms with E-state index in [1.54, 1.807) is 13.3 Å². The number of carbonyl (C=O) groups excluding carboxylic acids is 1. The zero-order valence-electron chi connectivity index (χ0n) is 19.4. The number of aryl methyl sites for hydroxylation is 1. The summed E-state index contributed by atoms with van der Waals surface area (Å²) in [7, 11) is 1.59. The fourth-order valence-corrected chi connectivity index (χ4v) is 4.76. The predicted octanol–water partition coefficient (Wildman–Crippen LogP) is 5.95. The molecule has 6 nitrogen and oxygen atoms in total. The molecule has 0 saturated carbocycles. The average Bonchev–Trinajstić information content (AvgIpc) is 3.37. The van der Waals surface area contributed by atoms with Crippen LogP contribution in [-0.2, 0) is 11.4 Å². The van der Waals surface area contributed by atoms with Gasteiger partial charge in [-0.05, 0) is 36.2 Å². The van der Waals surface area contributed by atoms with Crippen LogP contribution in [0.25, 0.3) is 11.3 Å². The van der Waals surface area contributed by atoms with E-state index in [-0.39, 0.29) is 11.7 Å². The highest BCUT2D eigenvalue weighted by Gasteiger charge is 2.08. The number of hydrazone groups is 1. The lowest BCUT2D eigenvalue weighted by atomic mass is 10.2. The zero-order chi connectivity index (χ0) is 24.5. The molecule has 0 radical (unpaired) electrons. The highest BCUT2D eigenvalue weighted by atomic mass is 32.2. The molecule has 0 bridgehead atoms. The Hall–Kier alpha value is -3.62. The highest BCUT2D eigenvalue weighted by molar-refractivity contribution is 8.01. The first-order valence-electron chi connectivity index (χ1n) is 10.9. The van der Waals surface area contributed by atoms with Gasteiger partial charge in [0.25, 0.3) is 5.91 Å². The molecule has 8 heteroatoms. The molecule has 178 valence electrons. The first-order chi connectivity index (χ1) is 17.1. The van der Waals surface area contributed by atoms with Crippen molar-refractivity contribution in [3.05, 3.63) is 94.9 Å². The number of hydrogen-bond acceptors (Lipinski definition) is 7. The van der Waals surface area contributed by atoms with Gasteiger partial charge in [-0.25, -0.2) is 10.4 Å². The molecule has 0 aliphatic carbocycles. The third kappa shape index (κ3) is 7.18. The Labute approximate surface area is 213 Å². The molecule has 0 aliphatic heterocycles. The van der Waals surface area contributed by atoms with Gasteiger partial charge >= 0.3 is 0 Å². The van der Waals surface area contributed by atoms with Crippen LogP contribution in [0.5, 0.6) is 11.5 Å². The second-order valence-corrected chi connectivity index (χ2v) is 9.71. The van der Waals surface area contributed by atoms with E-state index < -0.39 is 0 Å². The van der Waals surface area contributed by atoms with Gasteiger partial charge in [0.1, 0.15) is 6.61 Å². The maximum absolute atomic E-state index is 12.2. The van der Waals surface area contributed by atoms with Crippen molar-refractivity contribution in [3.63, 3.8) is 0 Å². The third-order valence-corrected chi connectivity index (χ3v) is 7.01. The van der Waals surface area contributed by atoms with E-state index in [9.17, 15) is 4.79 Å². The number of ether oxygens (including phenoxy) is 2. The van der Waals surface area contributed by atoms with Crippen LogP contribution in [0.3, 0.4) is 0 Å². The molecule has 0 unspecified atom stereocenters. The van der Waals surface area contributed by atoms with Crippen LogP contribution >= 0.6 is 23.1 Å². The summed E-state index contributed by atoms with van der Waals surface area (Å²) in [5, 5.41) is 6.06. The molecular formula is C27H25N3O3S2. The number of carbonyl (C=O) groups is 1. The smallest absolute Gasteiger partial charge is 0.250 e. The molecule has 35 heavy (non-hydrogen) atoms. The number of benzene rings is 3. The van der Waals surface area contributed by atoms with E-state index in [1.807, 2.05) is 66.0 Å². The Kier molecular flexibility index (Phi) is 8.53. The van der Waals surface area contributed by atoms with Gasteiger partial charge in [0.15, 0.2) is 15.8 Å². The van der Waals surface area contributed by atoms with Crippen LogP contribution < -0.4 is 14.9 Å². The van der Waals surface area contributed by atoms with E-state index in [0.29, 0.717) is 18.1 Å². The number of thioether (sulfide) groups is 1. The highest BCUT2D eigenvalue weighted by Crippen LogP contribution is 2.29. The molecule has 0 aliphatic rings. The number of methoxy groups -OCH3 is 1. The quantitative estimate of drug-likeness (QED) is 0.165. The van der Waals surface area contributed by atoms with Gasteiger partial charge in [-0.1, -0.05) is 71.9 Å². The fourth-order valence-electron chi connectivity index (χ4n) is 3.13. The lowest BCUT2D eigenvalue weighted by Gasteiger charge is -2.11. The summed E-state index contributed by atoms with van der Waals surface area (Å²) in [6, 6.07) is 23.7. The largest absolute Gasteiger partial charge is 0.493 e. The summed E-state index contributed by atoms with van der Waals surface area (Å²) >= 11 is 2.91. The van der Waals surface area contributed by atoms with Crippen LogP contribution in [-0.4, -0.2) is 30.0 Å². The molecular weight excluding hydrogens is 478 g/mol. The molecule has 1 heterocycles. The number of amides is 1. The number of nitrogens with zero attached hydrogens (tertiary/aromatic N) is 2. The molecule has 0 fully saturated rings. The van der Waals surface area contributed by atoms with Crippen molar-refractivity contribution in [1.29, 1.82) is 0 Å². The van der Waals surface area contributed by atoms with E-state index in [0.717, 1.165) is 26.7 Å². The van der Waals surface area contributed by atoms with Crippen LogP contribution in [0.15, 0.2) is 87.6 Å². The lowest BCUT2D eigenvalue weighted by Crippen LogP contribution is -2.19. The summed E-state index contributed by atoms with van der Waals surface area (Å²) < 4.78 is 12.2. The third-order valence-electron chi connectivity index (χ3n) is 4.98. The van der Waals surface area contributed by atoms with Crippen LogP contribution in [0.4, 0.5) is 0 Å². The molecule has 1 N–H and O–H groups in total. The standard InChI is InChI=1S/C27H25N3O3S2/c1-19-8-10-20(11-9-19)16-33-24-13-12-21(14-25(24)32-2)15-28-30-26(31)18-35-27-29-23(17-34-27)22-6-4-3-5-7-22/h3-15,17H,16,18H2,1-2H3,(H,30,31)/b28-15+. The molecule has 4 aromatic rings. The molecule has 1 amide bonds. The van der Waals surface area contributed by atoms with E-state index in [1.165, 1.54) is 28.7 Å². The minimum atomic E-state index is -0.201. The SMILES string of the molecule is COc1cc(/C=N/NC(=O)CSc2nc(-c3ccccc3)cs2)ccc1OCc1ccc(C)cc1. The minimum absolute atomic E-state index is 0.201. The number of nitrogens with one attached hydrogen (secondary N) is 1. The molecule has 0 saturated heterocycles. The monoisotopic (exact) mass is 503 g/mol. The normalized spacial score (nSPS) is 10.9. The maximum Gasteiger partial charge on any atom is 0.250 e. The van der Waals surface area contributed by atoms with Gasteiger partial charge in [-0.15, -0.1) is 11.3 Å². The number of thiazole rings is 1. The Bertz CT molecular complexity index is 1290. The van der Waals surface area contributed by atoms with Crippen molar-refractivity contribution in [3.8, 4) is 22.8 Å². The Morgan fingerprint density at radius 1 is 1.09 bits per heavy atom. The minimum Gasteiger partial charge on any atom is -0.493 e. The topological polar surface area (TPSA) is 72.8 Å². The average molecular weight is 504 g/mol. The number of hydrogen-bond donors (Lipinski definition) is 1. The van der Waals surface area contributed by atoms with Gasteiger partial charge in [-0.3, -0.25) is 4.79 Å². The molecule has 1 aromatic heterocycles. The summed E-state index contributed by atoms with van der Waals surface area (Å²) in [5.41, 5.74) is 7.61. The molecule has 0 atom stereocenters. The van der Waals surface area contributed by atoms with Crippen molar-refractivity contribution >= 4 is 35.2 Å². The van der Waals surface area contributed by atoms with Crippen molar-refractivity contribution < 1.29 is 14.3 Å². The second kappa shape index (κ2) is 12.2. The van der Waals surface area contributed by atoms with Crippen molar-refractivity contribution in [2.75, 3.05) is 12.9 Å². The Morgan fingerprint density at radius 2 is 1.89 bits per heavy atom. The van der Waals surface area contributed by atoms with Crippen LogP contribution in [0, 0.1) is 6.92 Å². The van der Waals surface area contributed by atoms with Crippen LogP contribution in [0.2, 0.25) is 0 Å². The summed E-state index contributed by atoms with van der Waals surface area (Å²) in [4.78, 5) is 16.8. The number of rotatable bonds is 10. The molecule has 3 aromatic carbocycles. The lowest BCUT2D eigenvalue weighted by molar-refractivity contribution is -0.118. The van der Waals surface area contributed by atoms with Crippen molar-refractivity contribution in [2.45, 2.75) is 17.9 Å². The van der Waals surface area contributed by atoms with Gasteiger partial charge in [-0.2, -0.15) is 5.10 Å². The van der Waals surface area contributed by atoms with Gasteiger partial charge in [0, 0.05) is 10.9 Å². The van der Waals surface area contributed by atoms with Crippen molar-refractivity contribution in [1.82, 2.24) is 10.4 Å². The number of aromatic nitrogens is 1. The second-order valence-electron chi connectivity index (χ2n) is 7.63. The Balaban J connectivity index is 1.26. The fraction of sp³-hybridized carbons (Fsp3) is 0.148. The predicted molar refractivity (Wildman–Crippen MR) is 143 cm³/mol. The summed E-state index contributed by atoms with van der Waals surface area (Å²) in [6.07, 6.45) is 1.58. The van der Waals surface area contributed by atoms with E-state index in [2.05, 4.69) is 34.6 Å². The van der Waals surface area contributed by atoms with Gasteiger partial charge in [0.05, 0.1) is 24.8 Å². The van der Waals surface area contributed by atoms with Crippen LogP contribution in [0.1, 0.15) is 16.7 Å². The first kappa shape index (κ1) is 24.5. The first-order valence-corrected chi connectivity index (χ1v) is 12.8. The zero-order valence-corrected chi connectivity index (χ0v) is 21.1. The van der Waals surface area contributed by atoms with Gasteiger partial charge in [0.2, 0.25) is 0 Å². The summed E-state index contributed by atoms with van der Waals surface area (Å²) in [6.45, 7) is 2.50. The maximum atomic E-state index is 12.2. The Morgan fingerprint density at radius 3 is 2.66 bits per heavy atom. The molecule has 0 spiro atoms.